The minimum absolute atomic E-state index is 0.728. The molecule has 1 nitrogen and oxygen atoms in total. The summed E-state index contributed by atoms with van der Waals surface area (Å²) in [6.45, 7) is 17.6. The highest BCUT2D eigenvalue weighted by molar-refractivity contribution is 6.84. The Bertz CT molecular complexity index is 598. The zero-order chi connectivity index (χ0) is 19.4. The molecule has 0 aromatic rings. The van der Waals surface area contributed by atoms with Crippen LogP contribution in [0.2, 0.25) is 58.9 Å². The molecule has 0 saturated carbocycles. The van der Waals surface area contributed by atoms with Crippen LogP contribution in [0.1, 0.15) is 6.42 Å². The second kappa shape index (κ2) is 7.58. The maximum Gasteiger partial charge on any atom is 0.309 e. The van der Waals surface area contributed by atoms with Crippen LogP contribution in [0.25, 0.3) is 0 Å². The molecule has 0 rings (SSSR count). The van der Waals surface area contributed by atoms with Crippen LogP contribution in [0.4, 0.5) is 8.78 Å². The summed E-state index contributed by atoms with van der Waals surface area (Å²) in [5.74, 6) is 3.88. The Balaban J connectivity index is 5.94. The molecular weight excluding hydrogens is 354 g/mol. The van der Waals surface area contributed by atoms with Crippen LogP contribution in [0.5, 0.6) is 0 Å². The molecule has 0 radical (unpaired) electrons. The number of aliphatic hydroxyl groups is 1. The van der Waals surface area contributed by atoms with Gasteiger partial charge in [-0.05, 0) is 0 Å². The van der Waals surface area contributed by atoms with E-state index in [-0.39, 0.29) is 0 Å². The van der Waals surface area contributed by atoms with E-state index in [4.69, 9.17) is 0 Å². The second-order valence-corrected chi connectivity index (χ2v) is 23.4. The van der Waals surface area contributed by atoms with Gasteiger partial charge < -0.3 is 5.11 Å². The van der Waals surface area contributed by atoms with Crippen molar-refractivity contribution in [3.63, 3.8) is 0 Å². The van der Waals surface area contributed by atoms with Gasteiger partial charge in [0.2, 0.25) is 0 Å². The van der Waals surface area contributed by atoms with Gasteiger partial charge in [0, 0.05) is 0 Å². The first-order chi connectivity index (χ1) is 10.4. The molecular formula is C18H30F2OSi3. The molecule has 0 unspecified atom stereocenters. The molecule has 0 saturated heterocycles. The van der Waals surface area contributed by atoms with E-state index in [0.717, 1.165) is 0 Å². The third kappa shape index (κ3) is 9.45. The van der Waals surface area contributed by atoms with Crippen molar-refractivity contribution < 1.29 is 13.9 Å². The quantitative estimate of drug-likeness (QED) is 0.553. The van der Waals surface area contributed by atoms with Crippen molar-refractivity contribution in [2.75, 3.05) is 0 Å². The van der Waals surface area contributed by atoms with Gasteiger partial charge in [-0.1, -0.05) is 70.8 Å². The van der Waals surface area contributed by atoms with E-state index < -0.39 is 42.2 Å². The van der Waals surface area contributed by atoms with Crippen LogP contribution in [0.15, 0.2) is 0 Å². The molecule has 24 heavy (non-hydrogen) atoms. The Morgan fingerprint density at radius 2 is 1.04 bits per heavy atom. The van der Waals surface area contributed by atoms with Crippen molar-refractivity contribution in [1.82, 2.24) is 0 Å². The highest BCUT2D eigenvalue weighted by Crippen LogP contribution is 2.32. The van der Waals surface area contributed by atoms with Crippen molar-refractivity contribution >= 4 is 24.2 Å². The van der Waals surface area contributed by atoms with Gasteiger partial charge in [0.05, 0.1) is 6.42 Å². The van der Waals surface area contributed by atoms with Gasteiger partial charge in [0.15, 0.2) is 0 Å². The summed E-state index contributed by atoms with van der Waals surface area (Å²) in [6.07, 6.45) is -0.728. The van der Waals surface area contributed by atoms with Crippen LogP contribution in [-0.4, -0.2) is 40.9 Å². The van der Waals surface area contributed by atoms with E-state index in [1.165, 1.54) is 0 Å². The molecule has 0 aromatic carbocycles. The minimum Gasteiger partial charge on any atom is -0.363 e. The van der Waals surface area contributed by atoms with Crippen LogP contribution in [-0.2, 0) is 0 Å². The van der Waals surface area contributed by atoms with E-state index in [9.17, 15) is 13.9 Å². The first kappa shape index (κ1) is 23.2. The third-order valence-corrected chi connectivity index (χ3v) is 5.22. The highest BCUT2D eigenvalue weighted by atomic mass is 28.3. The standard InChI is InChI=1S/C18H30F2OSi3/c1-22(2,3)14-10-11-18(19,20)17(21,12-15-23(4,5)6)13-16-24(7,8)9/h21H,11H2,1-9H3. The van der Waals surface area contributed by atoms with Crippen molar-refractivity contribution in [1.29, 1.82) is 0 Å². The van der Waals surface area contributed by atoms with E-state index in [1.54, 1.807) is 0 Å². The monoisotopic (exact) mass is 384 g/mol. The molecule has 0 amide bonds. The summed E-state index contributed by atoms with van der Waals surface area (Å²) in [6, 6.07) is 0. The maximum absolute atomic E-state index is 14.7. The first-order valence-electron chi connectivity index (χ1n) is 8.06. The molecule has 1 N–H and O–H groups in total. The van der Waals surface area contributed by atoms with Crippen molar-refractivity contribution in [3.05, 3.63) is 0 Å². The summed E-state index contributed by atoms with van der Waals surface area (Å²) in [5.41, 5.74) is 5.96. The lowest BCUT2D eigenvalue weighted by atomic mass is 9.95. The van der Waals surface area contributed by atoms with E-state index >= 15 is 0 Å². The van der Waals surface area contributed by atoms with Gasteiger partial charge in [-0.2, -0.15) is 0 Å². The van der Waals surface area contributed by atoms with Gasteiger partial charge >= 0.3 is 5.92 Å². The van der Waals surface area contributed by atoms with Crippen LogP contribution < -0.4 is 0 Å². The van der Waals surface area contributed by atoms with Gasteiger partial charge in [0.1, 0.15) is 24.2 Å². The molecule has 0 spiro atoms. The zero-order valence-corrected chi connectivity index (χ0v) is 19.4. The average Bonchev–Trinajstić information content (AvgIpc) is 2.30. The van der Waals surface area contributed by atoms with Crippen LogP contribution in [0, 0.1) is 34.4 Å². The molecule has 6 heteroatoms. The van der Waals surface area contributed by atoms with Crippen LogP contribution in [0.3, 0.4) is 0 Å². The lowest BCUT2D eigenvalue weighted by Crippen LogP contribution is -2.46. The van der Waals surface area contributed by atoms with E-state index in [1.807, 2.05) is 58.9 Å². The Kier molecular flexibility index (Phi) is 7.31. The highest BCUT2D eigenvalue weighted by Gasteiger charge is 2.51. The second-order valence-electron chi connectivity index (χ2n) is 9.14. The topological polar surface area (TPSA) is 20.2 Å². The summed E-state index contributed by atoms with van der Waals surface area (Å²) in [7, 11) is -5.59. The lowest BCUT2D eigenvalue weighted by Gasteiger charge is -2.26. The predicted octanol–water partition coefficient (Wildman–Crippen LogP) is 4.39. The van der Waals surface area contributed by atoms with Gasteiger partial charge in [-0.25, -0.2) is 8.78 Å². The molecule has 134 valence electrons. The molecule has 0 aromatic heterocycles. The Labute approximate surface area is 149 Å². The minimum atomic E-state index is -3.49. The number of hydrogen-bond donors (Lipinski definition) is 1. The summed E-state index contributed by atoms with van der Waals surface area (Å²) in [5, 5.41) is 10.6. The predicted molar refractivity (Wildman–Crippen MR) is 108 cm³/mol. The fraction of sp³-hybridized carbons (Fsp3) is 0.667. The van der Waals surface area contributed by atoms with E-state index in [2.05, 4.69) is 34.4 Å². The first-order valence-corrected chi connectivity index (χ1v) is 18.6. The number of hydrogen-bond acceptors (Lipinski definition) is 1. The molecule has 0 aliphatic carbocycles. The summed E-state index contributed by atoms with van der Waals surface area (Å²) in [4.78, 5) is 0. The lowest BCUT2D eigenvalue weighted by molar-refractivity contribution is -0.114. The summed E-state index contributed by atoms with van der Waals surface area (Å²) >= 11 is 0. The zero-order valence-electron chi connectivity index (χ0n) is 16.4. The number of alkyl halides is 2. The molecule has 0 fully saturated rings. The Morgan fingerprint density at radius 1 is 0.708 bits per heavy atom. The fourth-order valence-corrected chi connectivity index (χ4v) is 3.05. The van der Waals surface area contributed by atoms with Gasteiger partial charge in [-0.15, -0.1) is 22.6 Å². The van der Waals surface area contributed by atoms with Crippen molar-refractivity contribution in [2.24, 2.45) is 0 Å². The fourth-order valence-electron chi connectivity index (χ4n) is 1.32. The summed E-state index contributed by atoms with van der Waals surface area (Å²) < 4.78 is 29.4. The third-order valence-electron chi connectivity index (χ3n) is 2.54. The van der Waals surface area contributed by atoms with E-state index in [0.29, 0.717) is 0 Å². The SMILES string of the molecule is C[Si](C)(C)C#CCC(F)(F)C(O)(C#C[Si](C)(C)C)C#C[Si](C)(C)C. The van der Waals surface area contributed by atoms with Gasteiger partial charge in [-0.3, -0.25) is 0 Å². The molecule has 0 bridgehead atoms. The maximum atomic E-state index is 14.7. The largest absolute Gasteiger partial charge is 0.363 e. The van der Waals surface area contributed by atoms with Crippen molar-refractivity contribution in [3.8, 4) is 34.4 Å². The molecule has 0 aliphatic rings. The normalized spacial score (nSPS) is 13.0. The number of rotatable bonds is 2. The Hall–Kier alpha value is -0.849. The molecule has 0 aliphatic heterocycles. The number of halogens is 2. The van der Waals surface area contributed by atoms with Crippen LogP contribution >= 0.6 is 0 Å². The smallest absolute Gasteiger partial charge is 0.309 e. The Morgan fingerprint density at radius 3 is 1.33 bits per heavy atom. The van der Waals surface area contributed by atoms with Gasteiger partial charge in [0.25, 0.3) is 5.60 Å². The molecule has 0 atom stereocenters. The van der Waals surface area contributed by atoms with Crippen molar-refractivity contribution in [2.45, 2.75) is 76.9 Å². The average molecular weight is 385 g/mol. The molecule has 0 heterocycles.